The number of rotatable bonds is 8. The molecule has 0 spiro atoms. The minimum Gasteiger partial charge on any atom is -0.469 e. The van der Waals surface area contributed by atoms with E-state index in [0.717, 1.165) is 41.3 Å². The first-order chi connectivity index (χ1) is 11.5. The van der Waals surface area contributed by atoms with Crippen molar-refractivity contribution in [3.05, 3.63) is 42.0 Å². The maximum Gasteiger partial charge on any atom is 0.305 e. The van der Waals surface area contributed by atoms with Crippen molar-refractivity contribution >= 4 is 28.2 Å². The molecule has 0 unspecified atom stereocenters. The van der Waals surface area contributed by atoms with Crippen LogP contribution in [0, 0.1) is 0 Å². The predicted octanol–water partition coefficient (Wildman–Crippen LogP) is 4.21. The van der Waals surface area contributed by atoms with E-state index in [1.165, 1.54) is 7.11 Å². The van der Waals surface area contributed by atoms with Crippen molar-refractivity contribution in [3.63, 3.8) is 0 Å². The summed E-state index contributed by atoms with van der Waals surface area (Å²) in [6, 6.07) is 12.0. The van der Waals surface area contributed by atoms with Gasteiger partial charge in [-0.2, -0.15) is 0 Å². The smallest absolute Gasteiger partial charge is 0.305 e. The molecule has 0 radical (unpaired) electrons. The van der Waals surface area contributed by atoms with Gasteiger partial charge in [0, 0.05) is 43.6 Å². The molecule has 2 aromatic rings. The third-order valence-corrected chi connectivity index (χ3v) is 4.20. The standard InChI is InChI=1S/C20H25NO3/c1-21(2)18-14-13-17(15-9-7-8-10-16(15)18)19(22)11-5-4-6-12-20(23)24-3/h7-10,13-14H,4-6,11-12H2,1-3H3. The summed E-state index contributed by atoms with van der Waals surface area (Å²) in [6.07, 6.45) is 3.34. The second-order valence-electron chi connectivity index (χ2n) is 6.13. The Morgan fingerprint density at radius 2 is 1.58 bits per heavy atom. The first-order valence-electron chi connectivity index (χ1n) is 8.33. The van der Waals surface area contributed by atoms with Crippen molar-refractivity contribution in [3.8, 4) is 0 Å². The molecular formula is C20H25NO3. The molecule has 0 amide bonds. The van der Waals surface area contributed by atoms with Crippen LogP contribution in [-0.2, 0) is 9.53 Å². The fraction of sp³-hybridized carbons (Fsp3) is 0.400. The minimum atomic E-state index is -0.188. The number of unbranched alkanes of at least 4 members (excludes halogenated alkanes) is 2. The highest BCUT2D eigenvalue weighted by molar-refractivity contribution is 6.11. The summed E-state index contributed by atoms with van der Waals surface area (Å²) in [5, 5.41) is 2.10. The van der Waals surface area contributed by atoms with Crippen molar-refractivity contribution in [1.82, 2.24) is 0 Å². The second-order valence-corrected chi connectivity index (χ2v) is 6.13. The highest BCUT2D eigenvalue weighted by Gasteiger charge is 2.13. The van der Waals surface area contributed by atoms with Gasteiger partial charge in [0.15, 0.2) is 5.78 Å². The fourth-order valence-electron chi connectivity index (χ4n) is 2.88. The van der Waals surface area contributed by atoms with Crippen LogP contribution < -0.4 is 4.90 Å². The summed E-state index contributed by atoms with van der Waals surface area (Å²) in [5.74, 6) is -0.0267. The Morgan fingerprint density at radius 3 is 2.25 bits per heavy atom. The van der Waals surface area contributed by atoms with Gasteiger partial charge in [-0.1, -0.05) is 30.7 Å². The normalized spacial score (nSPS) is 10.6. The lowest BCUT2D eigenvalue weighted by Crippen LogP contribution is -2.10. The number of fused-ring (bicyclic) bond motifs is 1. The van der Waals surface area contributed by atoms with Crippen LogP contribution in [0.4, 0.5) is 5.69 Å². The van der Waals surface area contributed by atoms with Crippen molar-refractivity contribution in [2.75, 3.05) is 26.1 Å². The molecule has 4 nitrogen and oxygen atoms in total. The number of hydrogen-bond acceptors (Lipinski definition) is 4. The number of ether oxygens (including phenoxy) is 1. The van der Waals surface area contributed by atoms with Crippen LogP contribution in [0.5, 0.6) is 0 Å². The van der Waals surface area contributed by atoms with Crippen LogP contribution in [-0.4, -0.2) is 33.0 Å². The van der Waals surface area contributed by atoms with Crippen molar-refractivity contribution in [1.29, 1.82) is 0 Å². The predicted molar refractivity (Wildman–Crippen MR) is 97.7 cm³/mol. The molecule has 0 bridgehead atoms. The molecule has 128 valence electrons. The van der Waals surface area contributed by atoms with E-state index in [1.54, 1.807) is 0 Å². The molecule has 0 aromatic heterocycles. The molecule has 4 heteroatoms. The van der Waals surface area contributed by atoms with Gasteiger partial charge < -0.3 is 9.64 Å². The molecule has 0 aliphatic rings. The number of ketones is 1. The fourth-order valence-corrected chi connectivity index (χ4v) is 2.88. The molecule has 0 saturated heterocycles. The van der Waals surface area contributed by atoms with Crippen LogP contribution in [0.3, 0.4) is 0 Å². The number of Topliss-reactive ketones (excluding diaryl/α,β-unsaturated/α-hetero) is 1. The van der Waals surface area contributed by atoms with Crippen molar-refractivity contribution < 1.29 is 14.3 Å². The third-order valence-electron chi connectivity index (χ3n) is 4.20. The average molecular weight is 327 g/mol. The number of hydrogen-bond donors (Lipinski definition) is 0. The molecule has 24 heavy (non-hydrogen) atoms. The summed E-state index contributed by atoms with van der Waals surface area (Å²) in [6.45, 7) is 0. The van der Waals surface area contributed by atoms with E-state index < -0.39 is 0 Å². The number of anilines is 1. The molecule has 2 aromatic carbocycles. The summed E-state index contributed by atoms with van der Waals surface area (Å²) >= 11 is 0. The Kier molecular flexibility index (Phi) is 6.36. The lowest BCUT2D eigenvalue weighted by atomic mass is 9.97. The van der Waals surface area contributed by atoms with Crippen molar-refractivity contribution in [2.45, 2.75) is 32.1 Å². The summed E-state index contributed by atoms with van der Waals surface area (Å²) in [5.41, 5.74) is 1.89. The average Bonchev–Trinajstić information content (AvgIpc) is 2.59. The van der Waals surface area contributed by atoms with Gasteiger partial charge in [0.05, 0.1) is 7.11 Å². The number of nitrogens with zero attached hydrogens (tertiary/aromatic N) is 1. The van der Waals surface area contributed by atoms with Gasteiger partial charge in [-0.25, -0.2) is 0 Å². The van der Waals surface area contributed by atoms with E-state index in [1.807, 2.05) is 44.4 Å². The number of carbonyl (C=O) groups excluding carboxylic acids is 2. The number of benzene rings is 2. The molecule has 0 atom stereocenters. The highest BCUT2D eigenvalue weighted by atomic mass is 16.5. The zero-order chi connectivity index (χ0) is 17.5. The maximum atomic E-state index is 12.6. The van der Waals surface area contributed by atoms with Crippen molar-refractivity contribution in [2.24, 2.45) is 0 Å². The monoisotopic (exact) mass is 327 g/mol. The van der Waals surface area contributed by atoms with Gasteiger partial charge in [0.2, 0.25) is 0 Å². The molecule has 0 fully saturated rings. The Balaban J connectivity index is 2.05. The molecule has 0 N–H and O–H groups in total. The van der Waals surface area contributed by atoms with E-state index in [4.69, 9.17) is 0 Å². The number of esters is 1. The molecular weight excluding hydrogens is 302 g/mol. The van der Waals surface area contributed by atoms with Gasteiger partial charge in [0.1, 0.15) is 0 Å². The zero-order valence-corrected chi connectivity index (χ0v) is 14.7. The lowest BCUT2D eigenvalue weighted by molar-refractivity contribution is -0.140. The summed E-state index contributed by atoms with van der Waals surface area (Å²) < 4.78 is 4.62. The largest absolute Gasteiger partial charge is 0.469 e. The summed E-state index contributed by atoms with van der Waals surface area (Å²) in [4.78, 5) is 25.7. The van der Waals surface area contributed by atoms with E-state index in [9.17, 15) is 9.59 Å². The number of methoxy groups -OCH3 is 1. The Morgan fingerprint density at radius 1 is 0.917 bits per heavy atom. The third kappa shape index (κ3) is 4.34. The van der Waals surface area contributed by atoms with Crippen LogP contribution in [0.25, 0.3) is 10.8 Å². The van der Waals surface area contributed by atoms with Crippen LogP contribution >= 0.6 is 0 Å². The van der Waals surface area contributed by atoms with Crippen LogP contribution in [0.15, 0.2) is 36.4 Å². The molecule has 0 aliphatic carbocycles. The number of carbonyl (C=O) groups is 2. The zero-order valence-electron chi connectivity index (χ0n) is 14.7. The Labute approximate surface area is 143 Å². The van der Waals surface area contributed by atoms with E-state index in [-0.39, 0.29) is 11.8 Å². The SMILES string of the molecule is COC(=O)CCCCCC(=O)c1ccc(N(C)C)c2ccccc12. The van der Waals surface area contributed by atoms with Gasteiger partial charge >= 0.3 is 5.97 Å². The van der Waals surface area contributed by atoms with E-state index in [0.29, 0.717) is 12.8 Å². The second kappa shape index (κ2) is 8.48. The first-order valence-corrected chi connectivity index (χ1v) is 8.33. The Hall–Kier alpha value is -2.36. The maximum absolute atomic E-state index is 12.6. The highest BCUT2D eigenvalue weighted by Crippen LogP contribution is 2.29. The first kappa shape index (κ1) is 18.0. The molecule has 0 aliphatic heterocycles. The quantitative estimate of drug-likeness (QED) is 0.414. The lowest BCUT2D eigenvalue weighted by Gasteiger charge is -2.17. The van der Waals surface area contributed by atoms with Gasteiger partial charge in [-0.15, -0.1) is 0 Å². The molecule has 2 rings (SSSR count). The van der Waals surface area contributed by atoms with Crippen LogP contribution in [0.1, 0.15) is 42.5 Å². The van der Waals surface area contributed by atoms with Gasteiger partial charge in [0.25, 0.3) is 0 Å². The van der Waals surface area contributed by atoms with E-state index in [2.05, 4.69) is 15.7 Å². The van der Waals surface area contributed by atoms with E-state index >= 15 is 0 Å². The van der Waals surface area contributed by atoms with Crippen LogP contribution in [0.2, 0.25) is 0 Å². The molecule has 0 saturated carbocycles. The van der Waals surface area contributed by atoms with Gasteiger partial charge in [-0.3, -0.25) is 9.59 Å². The topological polar surface area (TPSA) is 46.6 Å². The summed E-state index contributed by atoms with van der Waals surface area (Å²) in [7, 11) is 5.41. The van der Waals surface area contributed by atoms with Gasteiger partial charge in [-0.05, 0) is 30.4 Å². The minimum absolute atomic E-state index is 0.162. The molecule has 0 heterocycles. The Bertz CT molecular complexity index is 722.